The zero-order valence-electron chi connectivity index (χ0n) is 44.6. The number of aromatic hydroxyl groups is 3. The summed E-state index contributed by atoms with van der Waals surface area (Å²) >= 11 is 0. The average Bonchev–Trinajstić information content (AvgIpc) is 3.60. The minimum atomic E-state index is -2.09. The van der Waals surface area contributed by atoms with Crippen LogP contribution in [0.25, 0.3) is 11.1 Å². The standard InChI is InChI=1S/C55H58N2O23/c1-21-15-32-38(44(65)35(21)51(68)56-22(2)52(69)72-9)37-30(18-31-39(45(37)66)42(63)29-16-28(71-8)17-33(61)36(29)41(31)62)43(64)47(32)79-53-46(67)49(40(23(3)75-53)57(7)55(70)74-19-27-13-11-10-12-14-27)80-54-50(78-26(6)60)48(77-25(5)59)34(20-73-54)76-24(4)58/h10-18,22-23,34,40,43,46-50,53-54,61,64-67H,19-20H2,1-9H3,(H,56,68)/t22-,23-,34-,40+,43+,46-,47+,48-,49+,50-,53+,54+/m1/s1. The summed E-state index contributed by atoms with van der Waals surface area (Å²) < 4.78 is 57.4. The molecule has 6 N–H and O–H groups in total. The molecular weight excluding hydrogens is 1060 g/mol. The molecule has 0 bridgehead atoms. The lowest BCUT2D eigenvalue weighted by Gasteiger charge is -2.49. The van der Waals surface area contributed by atoms with Gasteiger partial charge in [-0.15, -0.1) is 0 Å². The molecule has 12 atom stereocenters. The summed E-state index contributed by atoms with van der Waals surface area (Å²) in [7, 11) is 3.65. The third kappa shape index (κ3) is 10.9. The molecule has 2 aliphatic carbocycles. The third-order valence-corrected chi connectivity index (χ3v) is 14.0. The first-order chi connectivity index (χ1) is 37.9. The van der Waals surface area contributed by atoms with Crippen molar-refractivity contribution in [3.63, 3.8) is 0 Å². The Hall–Kier alpha value is -8.20. The van der Waals surface area contributed by atoms with E-state index in [-0.39, 0.29) is 34.6 Å². The second-order valence-corrected chi connectivity index (χ2v) is 19.4. The van der Waals surface area contributed by atoms with Crippen LogP contribution in [0.5, 0.6) is 23.0 Å². The average molecular weight is 1120 g/mol. The number of aliphatic hydroxyl groups excluding tert-OH is 2. The van der Waals surface area contributed by atoms with E-state index in [1.54, 1.807) is 30.3 Å². The van der Waals surface area contributed by atoms with Crippen molar-refractivity contribution >= 4 is 47.4 Å². The van der Waals surface area contributed by atoms with Crippen LogP contribution in [0.1, 0.15) is 111 Å². The van der Waals surface area contributed by atoms with E-state index in [0.717, 1.165) is 44.9 Å². The molecule has 2 amide bonds. The number of esters is 4. The quantitative estimate of drug-likeness (QED) is 0.0686. The van der Waals surface area contributed by atoms with Crippen LogP contribution in [0.3, 0.4) is 0 Å². The van der Waals surface area contributed by atoms with Crippen LogP contribution in [0.15, 0.2) is 54.6 Å². The molecule has 4 aliphatic rings. The number of likely N-dealkylation sites (N-methyl/N-ethyl adjacent to an activating group) is 1. The molecule has 0 saturated carbocycles. The Labute approximate surface area is 456 Å². The highest BCUT2D eigenvalue weighted by Gasteiger charge is 2.55. The first-order valence-corrected chi connectivity index (χ1v) is 24.9. The molecule has 25 heteroatoms. The molecule has 2 aliphatic heterocycles. The number of hydrogen-bond acceptors (Lipinski definition) is 23. The van der Waals surface area contributed by atoms with Crippen LogP contribution < -0.4 is 10.1 Å². The number of phenols is 3. The number of nitrogens with zero attached hydrogens (tertiary/aromatic N) is 1. The zero-order valence-corrected chi connectivity index (χ0v) is 44.6. The van der Waals surface area contributed by atoms with Gasteiger partial charge in [0.2, 0.25) is 0 Å². The van der Waals surface area contributed by atoms with Gasteiger partial charge in [-0.25, -0.2) is 9.59 Å². The summed E-state index contributed by atoms with van der Waals surface area (Å²) in [6, 6.07) is 10.6. The number of amides is 2. The molecule has 0 aromatic heterocycles. The van der Waals surface area contributed by atoms with Crippen molar-refractivity contribution < 1.29 is 111 Å². The highest BCUT2D eigenvalue weighted by molar-refractivity contribution is 6.31. The van der Waals surface area contributed by atoms with Crippen molar-refractivity contribution in [1.82, 2.24) is 10.2 Å². The van der Waals surface area contributed by atoms with Crippen LogP contribution in [-0.4, -0.2) is 167 Å². The van der Waals surface area contributed by atoms with Crippen molar-refractivity contribution in [1.29, 1.82) is 0 Å². The van der Waals surface area contributed by atoms with Crippen LogP contribution >= 0.6 is 0 Å². The predicted molar refractivity (Wildman–Crippen MR) is 269 cm³/mol. The number of hydrogen-bond donors (Lipinski definition) is 6. The lowest BCUT2D eigenvalue weighted by molar-refractivity contribution is -0.345. The fraction of sp³-hybridized carbons (Fsp3) is 0.418. The maximum atomic E-state index is 14.4. The molecule has 2 fully saturated rings. The summed E-state index contributed by atoms with van der Waals surface area (Å²) in [5, 5.41) is 63.4. The Morgan fingerprint density at radius 1 is 0.762 bits per heavy atom. The molecule has 4 aromatic carbocycles. The minimum Gasteiger partial charge on any atom is -0.507 e. The number of ketones is 2. The van der Waals surface area contributed by atoms with Crippen LogP contribution in [-0.2, 0) is 68.4 Å². The predicted octanol–water partition coefficient (Wildman–Crippen LogP) is 3.24. The van der Waals surface area contributed by atoms with Gasteiger partial charge in [0.1, 0.15) is 60.1 Å². The van der Waals surface area contributed by atoms with E-state index in [1.165, 1.54) is 47.1 Å². The van der Waals surface area contributed by atoms with E-state index >= 15 is 0 Å². The zero-order chi connectivity index (χ0) is 58.3. The summed E-state index contributed by atoms with van der Waals surface area (Å²) in [6.07, 6.45) is -18.3. The summed E-state index contributed by atoms with van der Waals surface area (Å²) in [4.78, 5) is 108. The molecule has 426 valence electrons. The number of aliphatic hydroxyl groups is 2. The SMILES string of the molecule is COC(=O)[C@@H](C)NC(=O)c1c(C)cc2c(c1O)-c1c(cc3c(c1O)C(=O)c1cc(OC)cc(O)c1C3=O)[C@H](O)[C@H]2O[C@@H]1O[C@H](C)[C@H](N(C)C(=O)OCc2ccccc2)[C@H](O[C@@H]2OC[C@@H](OC(C)=O)[C@@H](OC(C)=O)[C@H]2OC(C)=O)[C@H]1O. The summed E-state index contributed by atoms with van der Waals surface area (Å²) in [6.45, 7) is 6.59. The topological polar surface area (TPSA) is 345 Å². The largest absolute Gasteiger partial charge is 0.507 e. The monoisotopic (exact) mass is 1110 g/mol. The number of fused-ring (bicyclic) bond motifs is 5. The smallest absolute Gasteiger partial charge is 0.410 e. The van der Waals surface area contributed by atoms with Gasteiger partial charge in [0.05, 0.1) is 49.7 Å². The second kappa shape index (κ2) is 23.3. The first-order valence-electron chi connectivity index (χ1n) is 24.9. The molecule has 25 nitrogen and oxygen atoms in total. The van der Waals surface area contributed by atoms with E-state index in [2.05, 4.69) is 5.32 Å². The Balaban J connectivity index is 1.24. The van der Waals surface area contributed by atoms with E-state index in [9.17, 15) is 63.9 Å². The van der Waals surface area contributed by atoms with E-state index in [0.29, 0.717) is 5.56 Å². The summed E-state index contributed by atoms with van der Waals surface area (Å²) in [5.74, 6) is -8.94. The van der Waals surface area contributed by atoms with Gasteiger partial charge in [0.25, 0.3) is 5.91 Å². The van der Waals surface area contributed by atoms with Gasteiger partial charge in [-0.05, 0) is 55.2 Å². The Kier molecular flexibility index (Phi) is 16.8. The fourth-order valence-corrected chi connectivity index (χ4v) is 10.5. The Morgan fingerprint density at radius 3 is 2.02 bits per heavy atom. The Morgan fingerprint density at radius 2 is 1.39 bits per heavy atom. The highest BCUT2D eigenvalue weighted by atomic mass is 16.7. The van der Waals surface area contributed by atoms with Gasteiger partial charge in [-0.2, -0.15) is 0 Å². The maximum absolute atomic E-state index is 14.4. The molecule has 2 saturated heterocycles. The van der Waals surface area contributed by atoms with Gasteiger partial charge in [-0.3, -0.25) is 28.8 Å². The number of carbonyl (C=O) groups excluding carboxylic acids is 8. The number of ether oxygens (including phenoxy) is 10. The number of nitrogens with one attached hydrogen (secondary N) is 1. The number of benzene rings is 4. The number of carbonyl (C=O) groups is 8. The van der Waals surface area contributed by atoms with Crippen molar-refractivity contribution in [2.24, 2.45) is 0 Å². The van der Waals surface area contributed by atoms with Crippen molar-refractivity contribution in [3.8, 4) is 34.1 Å². The lowest BCUT2D eigenvalue weighted by atomic mass is 9.74. The molecule has 2 heterocycles. The van der Waals surface area contributed by atoms with Gasteiger partial charge in [0, 0.05) is 56.1 Å². The number of methoxy groups -OCH3 is 2. The van der Waals surface area contributed by atoms with Crippen molar-refractivity contribution in [2.45, 2.75) is 122 Å². The van der Waals surface area contributed by atoms with Gasteiger partial charge in [0.15, 0.2) is 42.5 Å². The molecule has 80 heavy (non-hydrogen) atoms. The fourth-order valence-electron chi connectivity index (χ4n) is 10.5. The molecule has 0 radical (unpaired) electrons. The van der Waals surface area contributed by atoms with E-state index < -0.39 is 178 Å². The van der Waals surface area contributed by atoms with Gasteiger partial charge < -0.3 is 83.1 Å². The minimum absolute atomic E-state index is 0.00369. The second-order valence-electron chi connectivity index (χ2n) is 19.4. The van der Waals surface area contributed by atoms with Gasteiger partial charge in [-0.1, -0.05) is 36.4 Å². The van der Waals surface area contributed by atoms with Crippen molar-refractivity contribution in [3.05, 3.63) is 105 Å². The van der Waals surface area contributed by atoms with Gasteiger partial charge >= 0.3 is 30.0 Å². The van der Waals surface area contributed by atoms with Crippen LogP contribution in [0, 0.1) is 6.92 Å². The molecule has 0 spiro atoms. The molecule has 4 aromatic rings. The first kappa shape index (κ1) is 58.0. The molecule has 0 unspecified atom stereocenters. The number of phenolic OH excluding ortho intramolecular Hbond substituents is 3. The lowest BCUT2D eigenvalue weighted by Crippen LogP contribution is -2.67. The number of rotatable bonds is 14. The molecular formula is C55H58N2O23. The maximum Gasteiger partial charge on any atom is 0.410 e. The van der Waals surface area contributed by atoms with Crippen LogP contribution in [0.2, 0.25) is 0 Å². The highest BCUT2D eigenvalue weighted by Crippen LogP contribution is 2.57. The Bertz CT molecular complexity index is 3160. The van der Waals surface area contributed by atoms with Crippen molar-refractivity contribution in [2.75, 3.05) is 27.9 Å². The third-order valence-electron chi connectivity index (χ3n) is 14.0. The molecule has 8 rings (SSSR count). The number of aryl methyl sites for hydroxylation is 1. The van der Waals surface area contributed by atoms with E-state index in [1.807, 2.05) is 0 Å². The van der Waals surface area contributed by atoms with E-state index in [4.69, 9.17) is 47.4 Å². The summed E-state index contributed by atoms with van der Waals surface area (Å²) in [5.41, 5.74) is -3.23. The van der Waals surface area contributed by atoms with Crippen LogP contribution in [0.4, 0.5) is 4.79 Å². The normalized spacial score (nSPS) is 25.0.